The van der Waals surface area contributed by atoms with Gasteiger partial charge in [-0.3, -0.25) is 0 Å². The number of rotatable bonds is 2. The van der Waals surface area contributed by atoms with Crippen LogP contribution in [-0.4, -0.2) is 22.9 Å². The van der Waals surface area contributed by atoms with Gasteiger partial charge >= 0.3 is 0 Å². The predicted molar refractivity (Wildman–Crippen MR) is 48.7 cm³/mol. The Bertz CT molecular complexity index is 188. The van der Waals surface area contributed by atoms with E-state index >= 15 is 0 Å². The Labute approximate surface area is 73.9 Å². The summed E-state index contributed by atoms with van der Waals surface area (Å²) in [7, 11) is 0. The van der Waals surface area contributed by atoms with E-state index in [2.05, 4.69) is 6.58 Å². The maximum absolute atomic E-state index is 9.86. The van der Waals surface area contributed by atoms with E-state index in [-0.39, 0.29) is 17.9 Å². The maximum atomic E-state index is 9.86. The number of aliphatic hydroxyl groups is 2. The van der Waals surface area contributed by atoms with E-state index in [0.29, 0.717) is 0 Å². The van der Waals surface area contributed by atoms with Crippen LogP contribution in [-0.2, 0) is 0 Å². The van der Waals surface area contributed by atoms with Gasteiger partial charge in [-0.15, -0.1) is 0 Å². The van der Waals surface area contributed by atoms with Crippen LogP contribution in [0.3, 0.4) is 0 Å². The SMILES string of the molecule is C=C(C)C1CCC(C)(CO)C1O. The van der Waals surface area contributed by atoms with Gasteiger partial charge in [-0.05, 0) is 19.8 Å². The molecule has 0 radical (unpaired) electrons. The van der Waals surface area contributed by atoms with Crippen molar-refractivity contribution in [3.63, 3.8) is 0 Å². The van der Waals surface area contributed by atoms with Crippen LogP contribution in [0, 0.1) is 11.3 Å². The third kappa shape index (κ3) is 1.41. The third-order valence-corrected chi connectivity index (χ3v) is 3.12. The lowest BCUT2D eigenvalue weighted by Gasteiger charge is -2.28. The highest BCUT2D eigenvalue weighted by Gasteiger charge is 2.43. The molecule has 0 aliphatic heterocycles. The van der Waals surface area contributed by atoms with Gasteiger partial charge in [-0.25, -0.2) is 0 Å². The van der Waals surface area contributed by atoms with Gasteiger partial charge in [-0.1, -0.05) is 19.1 Å². The van der Waals surface area contributed by atoms with Gasteiger partial charge in [0, 0.05) is 11.3 Å². The Hall–Kier alpha value is -0.340. The summed E-state index contributed by atoms with van der Waals surface area (Å²) in [5.41, 5.74) is 0.726. The van der Waals surface area contributed by atoms with Crippen molar-refractivity contribution in [2.24, 2.45) is 11.3 Å². The number of aliphatic hydroxyl groups excluding tert-OH is 2. The Balaban J connectivity index is 2.73. The van der Waals surface area contributed by atoms with Gasteiger partial charge in [0.2, 0.25) is 0 Å². The molecule has 12 heavy (non-hydrogen) atoms. The molecule has 0 aromatic carbocycles. The molecule has 2 nitrogen and oxygen atoms in total. The molecular formula is C10H18O2. The van der Waals surface area contributed by atoms with Crippen LogP contribution in [0.4, 0.5) is 0 Å². The number of hydrogen-bond acceptors (Lipinski definition) is 2. The fraction of sp³-hybridized carbons (Fsp3) is 0.800. The van der Waals surface area contributed by atoms with E-state index in [1.54, 1.807) is 0 Å². The quantitative estimate of drug-likeness (QED) is 0.614. The molecule has 3 unspecified atom stereocenters. The normalized spacial score (nSPS) is 41.7. The van der Waals surface area contributed by atoms with Crippen LogP contribution in [0.15, 0.2) is 12.2 Å². The molecule has 3 atom stereocenters. The van der Waals surface area contributed by atoms with Crippen LogP contribution in [0.1, 0.15) is 26.7 Å². The second-order valence-corrected chi connectivity index (χ2v) is 4.25. The van der Waals surface area contributed by atoms with Crippen LogP contribution >= 0.6 is 0 Å². The van der Waals surface area contributed by atoms with Crippen LogP contribution < -0.4 is 0 Å². The Morgan fingerprint density at radius 2 is 2.25 bits per heavy atom. The van der Waals surface area contributed by atoms with Gasteiger partial charge in [-0.2, -0.15) is 0 Å². The molecule has 1 fully saturated rings. The van der Waals surface area contributed by atoms with Crippen molar-refractivity contribution in [1.29, 1.82) is 0 Å². The van der Waals surface area contributed by atoms with Gasteiger partial charge in [0.25, 0.3) is 0 Å². The molecule has 0 spiro atoms. The summed E-state index contributed by atoms with van der Waals surface area (Å²) in [4.78, 5) is 0. The first-order valence-corrected chi connectivity index (χ1v) is 4.45. The number of hydrogen-bond donors (Lipinski definition) is 2. The molecule has 1 rings (SSSR count). The van der Waals surface area contributed by atoms with Gasteiger partial charge < -0.3 is 10.2 Å². The molecule has 0 amide bonds. The van der Waals surface area contributed by atoms with Gasteiger partial charge in [0.15, 0.2) is 0 Å². The fourth-order valence-electron chi connectivity index (χ4n) is 1.97. The monoisotopic (exact) mass is 170 g/mol. The van der Waals surface area contributed by atoms with Gasteiger partial charge in [0.05, 0.1) is 12.7 Å². The molecule has 0 aromatic rings. The van der Waals surface area contributed by atoms with E-state index < -0.39 is 6.10 Å². The van der Waals surface area contributed by atoms with Crippen LogP contribution in [0.5, 0.6) is 0 Å². The van der Waals surface area contributed by atoms with E-state index in [0.717, 1.165) is 18.4 Å². The molecule has 2 heteroatoms. The predicted octanol–water partition coefficient (Wildman–Crippen LogP) is 1.33. The Morgan fingerprint density at radius 3 is 2.50 bits per heavy atom. The average Bonchev–Trinajstić information content (AvgIpc) is 2.30. The average molecular weight is 170 g/mol. The zero-order chi connectivity index (χ0) is 9.35. The lowest BCUT2D eigenvalue weighted by Crippen LogP contribution is -2.34. The summed E-state index contributed by atoms with van der Waals surface area (Å²) in [5, 5.41) is 19.0. The zero-order valence-corrected chi connectivity index (χ0v) is 7.88. The molecule has 0 saturated heterocycles. The van der Waals surface area contributed by atoms with Crippen molar-refractivity contribution < 1.29 is 10.2 Å². The lowest BCUT2D eigenvalue weighted by molar-refractivity contribution is 0.00506. The largest absolute Gasteiger partial charge is 0.396 e. The summed E-state index contributed by atoms with van der Waals surface area (Å²) in [6.45, 7) is 7.79. The summed E-state index contributed by atoms with van der Waals surface area (Å²) in [5.74, 6) is 0.183. The smallest absolute Gasteiger partial charge is 0.0680 e. The first kappa shape index (κ1) is 9.75. The van der Waals surface area contributed by atoms with Crippen molar-refractivity contribution >= 4 is 0 Å². The fourth-order valence-corrected chi connectivity index (χ4v) is 1.97. The van der Waals surface area contributed by atoms with Crippen molar-refractivity contribution in [3.05, 3.63) is 12.2 Å². The van der Waals surface area contributed by atoms with Crippen molar-refractivity contribution in [2.45, 2.75) is 32.8 Å². The summed E-state index contributed by atoms with van der Waals surface area (Å²) in [6, 6.07) is 0. The molecule has 0 bridgehead atoms. The van der Waals surface area contributed by atoms with E-state index in [9.17, 15) is 5.11 Å². The molecular weight excluding hydrogens is 152 g/mol. The molecule has 1 aliphatic rings. The molecule has 70 valence electrons. The van der Waals surface area contributed by atoms with E-state index in [1.165, 1.54) is 0 Å². The van der Waals surface area contributed by atoms with Crippen molar-refractivity contribution in [2.75, 3.05) is 6.61 Å². The maximum Gasteiger partial charge on any atom is 0.0680 e. The first-order chi connectivity index (χ1) is 5.51. The third-order valence-electron chi connectivity index (χ3n) is 3.12. The van der Waals surface area contributed by atoms with E-state index in [4.69, 9.17) is 5.11 Å². The summed E-state index contributed by atoms with van der Waals surface area (Å²) >= 11 is 0. The molecule has 0 aromatic heterocycles. The second-order valence-electron chi connectivity index (χ2n) is 4.25. The highest BCUT2D eigenvalue weighted by atomic mass is 16.3. The van der Waals surface area contributed by atoms with Crippen molar-refractivity contribution in [3.8, 4) is 0 Å². The van der Waals surface area contributed by atoms with Crippen LogP contribution in [0.25, 0.3) is 0 Å². The van der Waals surface area contributed by atoms with Crippen LogP contribution in [0.2, 0.25) is 0 Å². The van der Waals surface area contributed by atoms with Crippen molar-refractivity contribution in [1.82, 2.24) is 0 Å². The zero-order valence-electron chi connectivity index (χ0n) is 7.88. The highest BCUT2D eigenvalue weighted by Crippen LogP contribution is 2.43. The minimum absolute atomic E-state index is 0.0674. The second kappa shape index (κ2) is 3.19. The summed E-state index contributed by atoms with van der Waals surface area (Å²) < 4.78 is 0. The first-order valence-electron chi connectivity index (χ1n) is 4.45. The lowest BCUT2D eigenvalue weighted by atomic mass is 9.84. The Morgan fingerprint density at radius 1 is 1.67 bits per heavy atom. The standard InChI is InChI=1S/C10H18O2/c1-7(2)8-4-5-10(3,6-11)9(8)12/h8-9,11-12H,1,4-6H2,2-3H3. The molecule has 0 heterocycles. The Kier molecular flexibility index (Phi) is 2.59. The topological polar surface area (TPSA) is 40.5 Å². The molecule has 2 N–H and O–H groups in total. The molecule has 1 saturated carbocycles. The van der Waals surface area contributed by atoms with E-state index in [1.807, 2.05) is 13.8 Å². The minimum atomic E-state index is -0.417. The molecule has 1 aliphatic carbocycles. The summed E-state index contributed by atoms with van der Waals surface area (Å²) in [6.07, 6.45) is 1.43. The van der Waals surface area contributed by atoms with Gasteiger partial charge in [0.1, 0.15) is 0 Å². The highest BCUT2D eigenvalue weighted by molar-refractivity contribution is 5.07. The minimum Gasteiger partial charge on any atom is -0.396 e.